The first-order valence-electron chi connectivity index (χ1n) is 8.29. The maximum Gasteiger partial charge on any atom is 0.413 e. The van der Waals surface area contributed by atoms with Gasteiger partial charge in [-0.25, -0.2) is 14.8 Å². The van der Waals surface area contributed by atoms with E-state index >= 15 is 0 Å². The predicted molar refractivity (Wildman–Crippen MR) is 104 cm³/mol. The maximum atomic E-state index is 11.8. The standard InChI is InChI=1S/C17H21N7O2S/c1-17(2,3)26-16(25)22-15-20-9-12(27-15)8-19-13-7-11(5-6-18-13)14-23-21-10-24(14)4/h5-7,9-10H,8H2,1-4H3,(H,18,19)(H,20,22,25). The van der Waals surface area contributed by atoms with Crippen molar-refractivity contribution in [1.29, 1.82) is 0 Å². The van der Waals surface area contributed by atoms with E-state index in [1.54, 1.807) is 18.7 Å². The van der Waals surface area contributed by atoms with E-state index < -0.39 is 11.7 Å². The molecule has 0 unspecified atom stereocenters. The monoisotopic (exact) mass is 387 g/mol. The minimum absolute atomic E-state index is 0.488. The number of aromatic nitrogens is 5. The summed E-state index contributed by atoms with van der Waals surface area (Å²) in [5.74, 6) is 1.48. The molecule has 0 aliphatic carbocycles. The Morgan fingerprint density at radius 2 is 2.15 bits per heavy atom. The van der Waals surface area contributed by atoms with E-state index in [-0.39, 0.29) is 0 Å². The van der Waals surface area contributed by atoms with Gasteiger partial charge in [0.1, 0.15) is 17.7 Å². The summed E-state index contributed by atoms with van der Waals surface area (Å²) in [6.07, 6.45) is 4.56. The molecule has 0 bridgehead atoms. The lowest BCUT2D eigenvalue weighted by Gasteiger charge is -2.18. The zero-order valence-corrected chi connectivity index (χ0v) is 16.4. The molecule has 0 saturated carbocycles. The molecule has 0 fully saturated rings. The molecule has 3 aromatic heterocycles. The second-order valence-electron chi connectivity index (χ2n) is 6.81. The van der Waals surface area contributed by atoms with Gasteiger partial charge < -0.3 is 14.6 Å². The summed E-state index contributed by atoms with van der Waals surface area (Å²) in [6.45, 7) is 5.96. The molecule has 3 heterocycles. The number of ether oxygens (including phenoxy) is 1. The first kappa shape index (κ1) is 18.8. The number of hydrogen-bond donors (Lipinski definition) is 2. The number of carbonyl (C=O) groups excluding carboxylic acids is 1. The summed E-state index contributed by atoms with van der Waals surface area (Å²) >= 11 is 1.37. The largest absolute Gasteiger partial charge is 0.444 e. The van der Waals surface area contributed by atoms with Crippen molar-refractivity contribution < 1.29 is 9.53 Å². The lowest BCUT2D eigenvalue weighted by Crippen LogP contribution is -2.27. The smallest absolute Gasteiger partial charge is 0.413 e. The van der Waals surface area contributed by atoms with Gasteiger partial charge in [0.05, 0.1) is 6.54 Å². The molecule has 27 heavy (non-hydrogen) atoms. The Bertz CT molecular complexity index is 929. The average molecular weight is 387 g/mol. The molecule has 0 aliphatic rings. The van der Waals surface area contributed by atoms with Crippen molar-refractivity contribution in [1.82, 2.24) is 24.7 Å². The zero-order valence-electron chi connectivity index (χ0n) is 15.6. The molecule has 0 saturated heterocycles. The van der Waals surface area contributed by atoms with Crippen LogP contribution in [0.5, 0.6) is 0 Å². The highest BCUT2D eigenvalue weighted by atomic mass is 32.1. The van der Waals surface area contributed by atoms with E-state index in [0.29, 0.717) is 17.5 Å². The van der Waals surface area contributed by atoms with E-state index in [1.807, 2.05) is 44.5 Å². The second-order valence-corrected chi connectivity index (χ2v) is 7.92. The summed E-state index contributed by atoms with van der Waals surface area (Å²) < 4.78 is 7.06. The lowest BCUT2D eigenvalue weighted by atomic mass is 10.2. The molecule has 2 N–H and O–H groups in total. The third-order valence-corrected chi connectivity index (χ3v) is 4.25. The van der Waals surface area contributed by atoms with Gasteiger partial charge in [-0.15, -0.1) is 10.2 Å². The number of hydrogen-bond acceptors (Lipinski definition) is 8. The predicted octanol–water partition coefficient (Wildman–Crippen LogP) is 3.29. The number of aryl methyl sites for hydroxylation is 1. The second kappa shape index (κ2) is 7.70. The van der Waals surface area contributed by atoms with Gasteiger partial charge in [0.2, 0.25) is 0 Å². The van der Waals surface area contributed by atoms with Crippen LogP contribution in [-0.2, 0) is 18.3 Å². The summed E-state index contributed by atoms with van der Waals surface area (Å²) in [7, 11) is 1.89. The van der Waals surface area contributed by atoms with Crippen LogP contribution >= 0.6 is 11.3 Å². The topological polar surface area (TPSA) is 107 Å². The van der Waals surface area contributed by atoms with Crippen LogP contribution in [0.2, 0.25) is 0 Å². The Balaban J connectivity index is 1.59. The van der Waals surface area contributed by atoms with Gasteiger partial charge in [-0.1, -0.05) is 11.3 Å². The lowest BCUT2D eigenvalue weighted by molar-refractivity contribution is 0.0636. The van der Waals surface area contributed by atoms with Crippen molar-refractivity contribution in [3.63, 3.8) is 0 Å². The Labute approximate surface area is 160 Å². The highest BCUT2D eigenvalue weighted by molar-refractivity contribution is 7.15. The van der Waals surface area contributed by atoms with Crippen LogP contribution < -0.4 is 10.6 Å². The highest BCUT2D eigenvalue weighted by Crippen LogP contribution is 2.22. The molecular formula is C17H21N7O2S. The van der Waals surface area contributed by atoms with E-state index in [0.717, 1.165) is 16.3 Å². The van der Waals surface area contributed by atoms with E-state index in [4.69, 9.17) is 4.74 Å². The first-order chi connectivity index (χ1) is 12.8. The molecule has 10 heteroatoms. The molecule has 0 radical (unpaired) electrons. The quantitative estimate of drug-likeness (QED) is 0.692. The molecule has 0 aromatic carbocycles. The molecule has 0 atom stereocenters. The molecule has 142 valence electrons. The summed E-state index contributed by atoms with van der Waals surface area (Å²) in [5.41, 5.74) is 0.370. The van der Waals surface area contributed by atoms with E-state index in [1.165, 1.54) is 11.3 Å². The number of rotatable bonds is 5. The third-order valence-electron chi connectivity index (χ3n) is 3.33. The molecule has 3 aromatic rings. The summed E-state index contributed by atoms with van der Waals surface area (Å²) in [6, 6.07) is 3.79. The van der Waals surface area contributed by atoms with Crippen molar-refractivity contribution in [3.8, 4) is 11.4 Å². The number of thiazole rings is 1. The molecular weight excluding hydrogens is 366 g/mol. The van der Waals surface area contributed by atoms with E-state index in [2.05, 4.69) is 30.8 Å². The Morgan fingerprint density at radius 1 is 1.33 bits per heavy atom. The van der Waals surface area contributed by atoms with Crippen LogP contribution in [0.3, 0.4) is 0 Å². The molecule has 0 spiro atoms. The first-order valence-corrected chi connectivity index (χ1v) is 9.11. The fourth-order valence-electron chi connectivity index (χ4n) is 2.23. The minimum atomic E-state index is -0.550. The number of nitrogens with one attached hydrogen (secondary N) is 2. The Kier molecular flexibility index (Phi) is 5.36. The molecule has 0 aliphatic heterocycles. The van der Waals surface area contributed by atoms with Crippen molar-refractivity contribution in [2.24, 2.45) is 7.05 Å². The van der Waals surface area contributed by atoms with Gasteiger partial charge in [-0.3, -0.25) is 5.32 Å². The summed E-state index contributed by atoms with van der Waals surface area (Å²) in [4.78, 5) is 21.2. The number of carbonyl (C=O) groups is 1. The fourth-order valence-corrected chi connectivity index (χ4v) is 2.96. The van der Waals surface area contributed by atoms with Gasteiger partial charge in [0.25, 0.3) is 0 Å². The molecule has 9 nitrogen and oxygen atoms in total. The van der Waals surface area contributed by atoms with Crippen molar-refractivity contribution >= 4 is 28.4 Å². The van der Waals surface area contributed by atoms with Gasteiger partial charge in [-0.05, 0) is 32.9 Å². The number of anilines is 2. The Hall–Kier alpha value is -3.01. The zero-order chi connectivity index (χ0) is 19.4. The van der Waals surface area contributed by atoms with Crippen LogP contribution in [0.25, 0.3) is 11.4 Å². The normalized spacial score (nSPS) is 11.3. The van der Waals surface area contributed by atoms with Crippen molar-refractivity contribution in [3.05, 3.63) is 35.7 Å². The minimum Gasteiger partial charge on any atom is -0.444 e. The van der Waals surface area contributed by atoms with Gasteiger partial charge in [0.15, 0.2) is 11.0 Å². The van der Waals surface area contributed by atoms with Crippen LogP contribution in [0.4, 0.5) is 15.7 Å². The molecule has 3 rings (SSSR count). The van der Waals surface area contributed by atoms with E-state index in [9.17, 15) is 4.79 Å². The number of amides is 1. The maximum absolute atomic E-state index is 11.8. The SMILES string of the molecule is Cn1cnnc1-c1ccnc(NCc2cnc(NC(=O)OC(C)(C)C)s2)c1. The molecule has 1 amide bonds. The van der Waals surface area contributed by atoms with Gasteiger partial charge in [0, 0.05) is 29.9 Å². The Morgan fingerprint density at radius 3 is 2.85 bits per heavy atom. The number of nitrogens with zero attached hydrogens (tertiary/aromatic N) is 5. The van der Waals surface area contributed by atoms with Crippen molar-refractivity contribution in [2.45, 2.75) is 32.9 Å². The fraction of sp³-hybridized carbons (Fsp3) is 0.353. The van der Waals surface area contributed by atoms with Crippen LogP contribution in [0.15, 0.2) is 30.9 Å². The third kappa shape index (κ3) is 5.23. The number of pyridine rings is 1. The summed E-state index contributed by atoms with van der Waals surface area (Å²) in [5, 5.41) is 14.4. The van der Waals surface area contributed by atoms with Crippen LogP contribution in [0, 0.1) is 0 Å². The average Bonchev–Trinajstić information content (AvgIpc) is 3.20. The van der Waals surface area contributed by atoms with Crippen LogP contribution in [0.1, 0.15) is 25.6 Å². The van der Waals surface area contributed by atoms with Gasteiger partial charge >= 0.3 is 6.09 Å². The highest BCUT2D eigenvalue weighted by Gasteiger charge is 2.17. The van der Waals surface area contributed by atoms with Crippen molar-refractivity contribution in [2.75, 3.05) is 10.6 Å². The van der Waals surface area contributed by atoms with Crippen LogP contribution in [-0.4, -0.2) is 36.4 Å². The van der Waals surface area contributed by atoms with Gasteiger partial charge in [-0.2, -0.15) is 0 Å².